The van der Waals surface area contributed by atoms with Crippen LogP contribution in [0.25, 0.3) is 0 Å². The molecule has 3 heteroatoms. The highest BCUT2D eigenvalue weighted by Crippen LogP contribution is 2.30. The van der Waals surface area contributed by atoms with E-state index in [2.05, 4.69) is 36.7 Å². The first kappa shape index (κ1) is 13.6. The molecule has 0 aliphatic rings. The van der Waals surface area contributed by atoms with E-state index in [0.717, 1.165) is 17.3 Å². The Balaban J connectivity index is 2.83. The van der Waals surface area contributed by atoms with E-state index in [1.165, 1.54) is 12.1 Å². The van der Waals surface area contributed by atoms with Crippen molar-refractivity contribution in [1.82, 2.24) is 0 Å². The lowest BCUT2D eigenvalue weighted by molar-refractivity contribution is 0.266. The van der Waals surface area contributed by atoms with E-state index in [1.54, 1.807) is 6.07 Å². The molecule has 0 radical (unpaired) electrons. The van der Waals surface area contributed by atoms with Crippen LogP contribution in [0.2, 0.25) is 0 Å². The molecule has 1 rings (SSSR count). The summed E-state index contributed by atoms with van der Waals surface area (Å²) in [5, 5.41) is 0.857. The average molecular weight is 291 g/mol. The van der Waals surface area contributed by atoms with Crippen molar-refractivity contribution < 1.29 is 8.78 Å². The summed E-state index contributed by atoms with van der Waals surface area (Å²) < 4.78 is 25.8. The third-order valence-corrected chi connectivity index (χ3v) is 3.66. The Hall–Kier alpha value is -0.440. The average Bonchev–Trinajstić information content (AvgIpc) is 2.18. The summed E-state index contributed by atoms with van der Waals surface area (Å²) in [5.41, 5.74) is 0.993. The van der Waals surface area contributed by atoms with Crippen LogP contribution in [0.15, 0.2) is 18.2 Å². The quantitative estimate of drug-likeness (QED) is 0.716. The van der Waals surface area contributed by atoms with Crippen molar-refractivity contribution >= 4 is 15.9 Å². The molecule has 0 aromatic heterocycles. The van der Waals surface area contributed by atoms with Gasteiger partial charge in [0.25, 0.3) is 0 Å². The van der Waals surface area contributed by atoms with Crippen molar-refractivity contribution in [2.75, 3.05) is 5.33 Å². The van der Waals surface area contributed by atoms with Crippen LogP contribution in [-0.4, -0.2) is 5.33 Å². The van der Waals surface area contributed by atoms with Gasteiger partial charge in [-0.15, -0.1) is 0 Å². The number of rotatable bonds is 3. The Morgan fingerprint density at radius 2 is 1.81 bits per heavy atom. The van der Waals surface area contributed by atoms with Crippen LogP contribution in [0.1, 0.15) is 26.3 Å². The SMILES string of the molecule is CC(C)(C)C(CBr)Cc1ccc(F)c(F)c1. The van der Waals surface area contributed by atoms with E-state index in [0.29, 0.717) is 5.92 Å². The molecule has 0 heterocycles. The van der Waals surface area contributed by atoms with Crippen molar-refractivity contribution in [3.63, 3.8) is 0 Å². The van der Waals surface area contributed by atoms with Crippen molar-refractivity contribution in [2.45, 2.75) is 27.2 Å². The molecular weight excluding hydrogens is 274 g/mol. The summed E-state index contributed by atoms with van der Waals surface area (Å²) in [6, 6.07) is 4.13. The molecule has 0 aliphatic carbocycles. The summed E-state index contributed by atoms with van der Waals surface area (Å²) in [5.74, 6) is -1.15. The highest BCUT2D eigenvalue weighted by molar-refractivity contribution is 9.09. The molecule has 0 N–H and O–H groups in total. The van der Waals surface area contributed by atoms with Crippen LogP contribution >= 0.6 is 15.9 Å². The van der Waals surface area contributed by atoms with Gasteiger partial charge < -0.3 is 0 Å². The standard InChI is InChI=1S/C13H17BrF2/c1-13(2,3)10(8-14)6-9-4-5-11(15)12(16)7-9/h4-5,7,10H,6,8H2,1-3H3. The molecule has 0 aliphatic heterocycles. The smallest absolute Gasteiger partial charge is 0.159 e. The van der Waals surface area contributed by atoms with Gasteiger partial charge >= 0.3 is 0 Å². The molecule has 90 valence electrons. The lowest BCUT2D eigenvalue weighted by Crippen LogP contribution is -2.24. The van der Waals surface area contributed by atoms with Crippen LogP contribution in [-0.2, 0) is 6.42 Å². The number of alkyl halides is 1. The van der Waals surface area contributed by atoms with E-state index >= 15 is 0 Å². The fourth-order valence-electron chi connectivity index (χ4n) is 1.54. The van der Waals surface area contributed by atoms with Gasteiger partial charge in [-0.3, -0.25) is 0 Å². The molecule has 1 atom stereocenters. The van der Waals surface area contributed by atoms with Gasteiger partial charge in [0.1, 0.15) is 0 Å². The largest absolute Gasteiger partial charge is 0.204 e. The number of benzene rings is 1. The number of hydrogen-bond donors (Lipinski definition) is 0. The maximum atomic E-state index is 13.0. The van der Waals surface area contributed by atoms with Crippen molar-refractivity contribution in [3.8, 4) is 0 Å². The zero-order valence-electron chi connectivity index (χ0n) is 9.86. The summed E-state index contributed by atoms with van der Waals surface area (Å²) >= 11 is 3.47. The zero-order valence-corrected chi connectivity index (χ0v) is 11.4. The summed E-state index contributed by atoms with van der Waals surface area (Å²) in [6.45, 7) is 6.45. The minimum Gasteiger partial charge on any atom is -0.204 e. The Labute approximate surface area is 104 Å². The van der Waals surface area contributed by atoms with Gasteiger partial charge in [-0.2, -0.15) is 0 Å². The van der Waals surface area contributed by atoms with Gasteiger partial charge in [0.2, 0.25) is 0 Å². The van der Waals surface area contributed by atoms with Gasteiger partial charge in [-0.25, -0.2) is 8.78 Å². The molecule has 0 spiro atoms. The topological polar surface area (TPSA) is 0 Å². The van der Waals surface area contributed by atoms with Crippen LogP contribution in [0.5, 0.6) is 0 Å². The van der Waals surface area contributed by atoms with Crippen molar-refractivity contribution in [3.05, 3.63) is 35.4 Å². The second-order valence-electron chi connectivity index (χ2n) is 5.17. The third kappa shape index (κ3) is 3.55. The van der Waals surface area contributed by atoms with Crippen LogP contribution < -0.4 is 0 Å². The molecule has 1 unspecified atom stereocenters. The van der Waals surface area contributed by atoms with E-state index in [4.69, 9.17) is 0 Å². The lowest BCUT2D eigenvalue weighted by atomic mass is 9.78. The third-order valence-electron chi connectivity index (χ3n) is 2.88. The fraction of sp³-hybridized carbons (Fsp3) is 0.538. The zero-order chi connectivity index (χ0) is 12.3. The number of halogens is 3. The molecule has 0 saturated carbocycles. The predicted octanol–water partition coefficient (Wildman–Crippen LogP) is 4.56. The normalized spacial score (nSPS) is 13.9. The fourth-order valence-corrected chi connectivity index (χ4v) is 2.74. The highest BCUT2D eigenvalue weighted by Gasteiger charge is 2.23. The van der Waals surface area contributed by atoms with Crippen molar-refractivity contribution in [2.24, 2.45) is 11.3 Å². The molecule has 1 aromatic carbocycles. The first-order chi connectivity index (χ1) is 7.34. The van der Waals surface area contributed by atoms with Gasteiger partial charge in [0.05, 0.1) is 0 Å². The van der Waals surface area contributed by atoms with Crippen LogP contribution in [0, 0.1) is 23.0 Å². The maximum absolute atomic E-state index is 13.0. The van der Waals surface area contributed by atoms with Crippen molar-refractivity contribution in [1.29, 1.82) is 0 Å². The molecule has 0 bridgehead atoms. The van der Waals surface area contributed by atoms with Gasteiger partial charge in [0.15, 0.2) is 11.6 Å². The first-order valence-corrected chi connectivity index (χ1v) is 6.46. The lowest BCUT2D eigenvalue weighted by Gasteiger charge is -2.29. The van der Waals surface area contributed by atoms with Gasteiger partial charge in [-0.1, -0.05) is 42.8 Å². The van der Waals surface area contributed by atoms with E-state index in [-0.39, 0.29) is 5.41 Å². The Bertz CT molecular complexity index is 355. The molecule has 0 amide bonds. The number of hydrogen-bond acceptors (Lipinski definition) is 0. The van der Waals surface area contributed by atoms with E-state index < -0.39 is 11.6 Å². The van der Waals surface area contributed by atoms with Crippen LogP contribution in [0.4, 0.5) is 8.78 Å². The summed E-state index contributed by atoms with van der Waals surface area (Å²) in [7, 11) is 0. The Morgan fingerprint density at radius 3 is 2.25 bits per heavy atom. The first-order valence-electron chi connectivity index (χ1n) is 5.34. The summed E-state index contributed by atoms with van der Waals surface area (Å²) in [6.07, 6.45) is 0.756. The minimum atomic E-state index is -0.782. The molecule has 1 aromatic rings. The molecule has 0 saturated heterocycles. The molecule has 0 fully saturated rings. The molecular formula is C13H17BrF2. The van der Waals surface area contributed by atoms with E-state index in [9.17, 15) is 8.78 Å². The van der Waals surface area contributed by atoms with Crippen LogP contribution in [0.3, 0.4) is 0 Å². The maximum Gasteiger partial charge on any atom is 0.159 e. The minimum absolute atomic E-state index is 0.147. The molecule has 0 nitrogen and oxygen atoms in total. The van der Waals surface area contributed by atoms with E-state index in [1.807, 2.05) is 0 Å². The van der Waals surface area contributed by atoms with Gasteiger partial charge in [-0.05, 0) is 35.4 Å². The Kier molecular flexibility index (Phi) is 4.48. The second kappa shape index (κ2) is 5.26. The summed E-state index contributed by atoms with van der Waals surface area (Å²) in [4.78, 5) is 0. The highest BCUT2D eigenvalue weighted by atomic mass is 79.9. The molecule has 16 heavy (non-hydrogen) atoms. The second-order valence-corrected chi connectivity index (χ2v) is 5.82. The monoisotopic (exact) mass is 290 g/mol. The Morgan fingerprint density at radius 1 is 1.19 bits per heavy atom. The predicted molar refractivity (Wildman–Crippen MR) is 66.8 cm³/mol. The van der Waals surface area contributed by atoms with Gasteiger partial charge in [0, 0.05) is 5.33 Å².